The summed E-state index contributed by atoms with van der Waals surface area (Å²) in [5.41, 5.74) is 3.97. The van der Waals surface area contributed by atoms with Gasteiger partial charge in [-0.2, -0.15) is 5.10 Å². The molecule has 0 aliphatic heterocycles. The molecule has 0 bridgehead atoms. The second-order valence-corrected chi connectivity index (χ2v) is 6.38. The number of fused-ring (bicyclic) bond motifs is 1. The van der Waals surface area contributed by atoms with Crippen LogP contribution in [0.3, 0.4) is 0 Å². The Labute approximate surface area is 121 Å². The molecule has 2 heterocycles. The van der Waals surface area contributed by atoms with E-state index in [1.165, 1.54) is 11.3 Å². The topological polar surface area (TPSA) is 70.7 Å². The largest absolute Gasteiger partial charge is 0.301 e. The number of amides is 1. The van der Waals surface area contributed by atoms with Crippen molar-refractivity contribution < 1.29 is 4.79 Å². The third-order valence-corrected chi connectivity index (χ3v) is 4.91. The quantitative estimate of drug-likeness (QED) is 0.913. The summed E-state index contributed by atoms with van der Waals surface area (Å²) >= 11 is 1.61. The van der Waals surface area contributed by atoms with Crippen LogP contribution in [-0.4, -0.2) is 21.1 Å². The van der Waals surface area contributed by atoms with E-state index in [0.29, 0.717) is 0 Å². The van der Waals surface area contributed by atoms with Gasteiger partial charge in [0.2, 0.25) is 5.91 Å². The number of aryl methyl sites for hydroxylation is 4. The van der Waals surface area contributed by atoms with Gasteiger partial charge < -0.3 is 5.32 Å². The average molecular weight is 290 g/mol. The predicted molar refractivity (Wildman–Crippen MR) is 79.2 cm³/mol. The minimum atomic E-state index is -0.229. The molecule has 0 unspecified atom stereocenters. The molecular formula is C14H18N4OS. The highest BCUT2D eigenvalue weighted by molar-refractivity contribution is 7.15. The lowest BCUT2D eigenvalue weighted by atomic mass is 9.98. The van der Waals surface area contributed by atoms with Gasteiger partial charge in [-0.25, -0.2) is 4.98 Å². The lowest BCUT2D eigenvalue weighted by molar-refractivity contribution is -0.117. The number of H-pyrrole nitrogens is 1. The number of hydrogen-bond donors (Lipinski definition) is 2. The number of anilines is 1. The molecule has 3 rings (SSSR count). The highest BCUT2D eigenvalue weighted by Gasteiger charge is 2.23. The molecule has 2 aromatic heterocycles. The van der Waals surface area contributed by atoms with Crippen LogP contribution in [0, 0.1) is 13.8 Å². The molecule has 0 spiro atoms. The third-order valence-electron chi connectivity index (χ3n) is 3.84. The van der Waals surface area contributed by atoms with Gasteiger partial charge in [0.15, 0.2) is 5.13 Å². The molecular weight excluding hydrogens is 272 g/mol. The Balaban J connectivity index is 1.75. The zero-order valence-electron chi connectivity index (χ0n) is 11.9. The second-order valence-electron chi connectivity index (χ2n) is 5.30. The van der Waals surface area contributed by atoms with Crippen molar-refractivity contribution in [2.24, 2.45) is 0 Å². The number of thiazole rings is 1. The summed E-state index contributed by atoms with van der Waals surface area (Å²) in [4.78, 5) is 18.2. The van der Waals surface area contributed by atoms with E-state index < -0.39 is 0 Å². The summed E-state index contributed by atoms with van der Waals surface area (Å²) in [6, 6.07) is 0. The molecule has 6 heteroatoms. The van der Waals surface area contributed by atoms with Gasteiger partial charge in [-0.3, -0.25) is 9.89 Å². The number of nitrogens with one attached hydrogen (secondary N) is 2. The first kappa shape index (κ1) is 13.3. The minimum absolute atomic E-state index is 0.0231. The molecule has 0 aromatic carbocycles. The SMILES string of the molecule is Cc1n[nH]c(C)c1[C@@H](C)C(=O)Nc1nc2c(s1)CCC2. The van der Waals surface area contributed by atoms with Gasteiger partial charge >= 0.3 is 0 Å². The van der Waals surface area contributed by atoms with Gasteiger partial charge in [-0.05, 0) is 40.0 Å². The maximum absolute atomic E-state index is 12.4. The summed E-state index contributed by atoms with van der Waals surface area (Å²) in [6.45, 7) is 5.76. The number of aromatic nitrogens is 3. The average Bonchev–Trinajstić information content (AvgIpc) is 3.04. The van der Waals surface area contributed by atoms with E-state index in [4.69, 9.17) is 0 Å². The standard InChI is InChI=1S/C14H18N4OS/c1-7(12-8(2)17-18-9(12)3)13(19)16-14-15-10-5-4-6-11(10)20-14/h7H,4-6H2,1-3H3,(H,17,18)(H,15,16,19)/t7-/m1/s1. The smallest absolute Gasteiger partial charge is 0.233 e. The molecule has 106 valence electrons. The fraction of sp³-hybridized carbons (Fsp3) is 0.500. The van der Waals surface area contributed by atoms with Crippen molar-refractivity contribution in [3.05, 3.63) is 27.5 Å². The normalized spacial score (nSPS) is 15.2. The summed E-state index contributed by atoms with van der Waals surface area (Å²) in [5, 5.41) is 10.7. The van der Waals surface area contributed by atoms with E-state index in [1.807, 2.05) is 20.8 Å². The van der Waals surface area contributed by atoms with Crippen LogP contribution in [0.25, 0.3) is 0 Å². The summed E-state index contributed by atoms with van der Waals surface area (Å²) < 4.78 is 0. The van der Waals surface area contributed by atoms with Crippen molar-refractivity contribution in [3.63, 3.8) is 0 Å². The van der Waals surface area contributed by atoms with Crippen molar-refractivity contribution in [1.29, 1.82) is 0 Å². The fourth-order valence-electron chi connectivity index (χ4n) is 2.79. The van der Waals surface area contributed by atoms with Gasteiger partial charge in [0, 0.05) is 16.1 Å². The van der Waals surface area contributed by atoms with E-state index in [2.05, 4.69) is 20.5 Å². The number of carbonyl (C=O) groups is 1. The zero-order valence-corrected chi connectivity index (χ0v) is 12.7. The van der Waals surface area contributed by atoms with Crippen LogP contribution >= 0.6 is 11.3 Å². The summed E-state index contributed by atoms with van der Waals surface area (Å²) in [5.74, 6) is -0.252. The van der Waals surface area contributed by atoms with Gasteiger partial charge in [-0.15, -0.1) is 11.3 Å². The first-order valence-corrected chi connectivity index (χ1v) is 7.69. The van der Waals surface area contributed by atoms with Crippen LogP contribution in [0.1, 0.15) is 46.8 Å². The molecule has 1 amide bonds. The second kappa shape index (κ2) is 5.01. The molecule has 0 saturated carbocycles. The van der Waals surface area contributed by atoms with E-state index in [9.17, 15) is 4.79 Å². The third kappa shape index (κ3) is 2.24. The van der Waals surface area contributed by atoms with Crippen molar-refractivity contribution in [2.45, 2.75) is 46.0 Å². The van der Waals surface area contributed by atoms with Gasteiger partial charge in [0.25, 0.3) is 0 Å². The molecule has 20 heavy (non-hydrogen) atoms. The Hall–Kier alpha value is -1.69. The van der Waals surface area contributed by atoms with Crippen LogP contribution in [0.2, 0.25) is 0 Å². The number of rotatable bonds is 3. The molecule has 2 aromatic rings. The molecule has 0 fully saturated rings. The molecule has 1 atom stereocenters. The number of aromatic amines is 1. The van der Waals surface area contributed by atoms with Gasteiger partial charge in [0.1, 0.15) is 0 Å². The maximum Gasteiger partial charge on any atom is 0.233 e. The predicted octanol–water partition coefficient (Wildman–Crippen LogP) is 2.71. The summed E-state index contributed by atoms with van der Waals surface area (Å²) in [6.07, 6.45) is 3.32. The molecule has 1 aliphatic carbocycles. The van der Waals surface area contributed by atoms with Crippen LogP contribution in [-0.2, 0) is 17.6 Å². The number of carbonyl (C=O) groups excluding carboxylic acids is 1. The molecule has 0 saturated heterocycles. The maximum atomic E-state index is 12.4. The Morgan fingerprint density at radius 3 is 2.85 bits per heavy atom. The highest BCUT2D eigenvalue weighted by Crippen LogP contribution is 2.31. The number of nitrogens with zero attached hydrogens (tertiary/aromatic N) is 2. The van der Waals surface area contributed by atoms with E-state index in [0.717, 1.165) is 40.6 Å². The van der Waals surface area contributed by atoms with Gasteiger partial charge in [0.05, 0.1) is 17.3 Å². The monoisotopic (exact) mass is 290 g/mol. The summed E-state index contributed by atoms with van der Waals surface area (Å²) in [7, 11) is 0. The van der Waals surface area contributed by atoms with E-state index in [1.54, 1.807) is 11.3 Å². The Morgan fingerprint density at radius 1 is 1.40 bits per heavy atom. The highest BCUT2D eigenvalue weighted by atomic mass is 32.1. The molecule has 2 N–H and O–H groups in total. The first-order valence-electron chi connectivity index (χ1n) is 6.87. The minimum Gasteiger partial charge on any atom is -0.301 e. The van der Waals surface area contributed by atoms with Crippen molar-refractivity contribution >= 4 is 22.4 Å². The van der Waals surface area contributed by atoms with Crippen molar-refractivity contribution in [1.82, 2.24) is 15.2 Å². The Kier molecular flexibility index (Phi) is 3.33. The van der Waals surface area contributed by atoms with E-state index in [-0.39, 0.29) is 11.8 Å². The molecule has 5 nitrogen and oxygen atoms in total. The van der Waals surface area contributed by atoms with E-state index >= 15 is 0 Å². The fourth-order valence-corrected chi connectivity index (χ4v) is 3.84. The molecule has 1 aliphatic rings. The molecule has 0 radical (unpaired) electrons. The van der Waals surface area contributed by atoms with Crippen LogP contribution in [0.4, 0.5) is 5.13 Å². The van der Waals surface area contributed by atoms with Crippen LogP contribution in [0.15, 0.2) is 0 Å². The van der Waals surface area contributed by atoms with Crippen molar-refractivity contribution in [2.75, 3.05) is 5.32 Å². The first-order chi connectivity index (χ1) is 9.56. The van der Waals surface area contributed by atoms with Gasteiger partial charge in [-0.1, -0.05) is 0 Å². The number of hydrogen-bond acceptors (Lipinski definition) is 4. The lowest BCUT2D eigenvalue weighted by Gasteiger charge is -2.11. The van der Waals surface area contributed by atoms with Crippen LogP contribution in [0.5, 0.6) is 0 Å². The van der Waals surface area contributed by atoms with Crippen LogP contribution < -0.4 is 5.32 Å². The Bertz CT molecular complexity index is 617. The van der Waals surface area contributed by atoms with Crippen molar-refractivity contribution in [3.8, 4) is 0 Å². The Morgan fingerprint density at radius 2 is 2.20 bits per heavy atom. The lowest BCUT2D eigenvalue weighted by Crippen LogP contribution is -2.19. The zero-order chi connectivity index (χ0) is 14.3.